The number of ether oxygens (including phenoxy) is 1. The molecule has 0 spiro atoms. The van der Waals surface area contributed by atoms with Crippen LogP contribution in [0, 0.1) is 5.82 Å². The van der Waals surface area contributed by atoms with Crippen molar-refractivity contribution in [3.8, 4) is 5.75 Å². The number of nitrogens with one attached hydrogen (secondary N) is 1. The van der Waals surface area contributed by atoms with Crippen molar-refractivity contribution in [3.05, 3.63) is 29.7 Å². The summed E-state index contributed by atoms with van der Waals surface area (Å²) >= 11 is 0. The quantitative estimate of drug-likeness (QED) is 0.597. The van der Waals surface area contributed by atoms with Crippen LogP contribution in [0.5, 0.6) is 5.75 Å². The third-order valence-electron chi connectivity index (χ3n) is 7.03. The summed E-state index contributed by atoms with van der Waals surface area (Å²) in [6, 6.07) is 1.89. The summed E-state index contributed by atoms with van der Waals surface area (Å²) in [5.74, 6) is -7.07. The van der Waals surface area contributed by atoms with Gasteiger partial charge in [0.05, 0.1) is 30.1 Å². The third kappa shape index (κ3) is 4.40. The topological polar surface area (TPSA) is 108 Å². The molecule has 1 aliphatic heterocycles. The van der Waals surface area contributed by atoms with Crippen LogP contribution in [0.3, 0.4) is 0 Å². The number of benzene rings is 1. The Morgan fingerprint density at radius 3 is 2.56 bits per heavy atom. The fourth-order valence-corrected chi connectivity index (χ4v) is 4.80. The smallest absolute Gasteiger partial charge is 0.342 e. The molecular weight excluding hydrogens is 479 g/mol. The molecule has 0 unspecified atom stereocenters. The first-order chi connectivity index (χ1) is 17.1. The number of amides is 1. The number of anilines is 4. The molecule has 2 aromatic rings. The molecule has 2 heterocycles. The van der Waals surface area contributed by atoms with Crippen molar-refractivity contribution in [2.75, 3.05) is 28.7 Å². The second kappa shape index (κ2) is 9.14. The van der Waals surface area contributed by atoms with Crippen molar-refractivity contribution in [2.45, 2.75) is 63.0 Å². The van der Waals surface area contributed by atoms with E-state index in [0.29, 0.717) is 12.8 Å². The summed E-state index contributed by atoms with van der Waals surface area (Å²) in [6.45, 7) is -0.803. The first-order valence-corrected chi connectivity index (χ1v) is 11.9. The Kier molecular flexibility index (Phi) is 6.13. The van der Waals surface area contributed by atoms with Gasteiger partial charge < -0.3 is 25.0 Å². The summed E-state index contributed by atoms with van der Waals surface area (Å²) in [6.07, 6.45) is 6.88. The Bertz CT molecular complexity index is 1200. The molecule has 5 rings (SSSR count). The number of aromatic nitrogens is 2. The monoisotopic (exact) mass is 505 g/mol. The van der Waals surface area contributed by atoms with Crippen LogP contribution in [-0.4, -0.2) is 58.6 Å². The average Bonchev–Trinajstić information content (AvgIpc) is 3.32. The zero-order valence-electron chi connectivity index (χ0n) is 19.6. The number of carbonyl (C=O) groups excluding carboxylic acids is 1. The van der Waals surface area contributed by atoms with Crippen molar-refractivity contribution >= 4 is 35.0 Å². The van der Waals surface area contributed by atoms with Gasteiger partial charge in [0.15, 0.2) is 5.82 Å². The maximum atomic E-state index is 14.8. The molecule has 0 radical (unpaired) electrons. The number of carbonyl (C=O) groups is 2. The van der Waals surface area contributed by atoms with Crippen LogP contribution >= 0.6 is 0 Å². The van der Waals surface area contributed by atoms with Crippen LogP contribution in [-0.2, 0) is 4.79 Å². The van der Waals surface area contributed by atoms with Gasteiger partial charge in [-0.25, -0.2) is 14.2 Å². The van der Waals surface area contributed by atoms with E-state index in [1.807, 2.05) is 0 Å². The highest BCUT2D eigenvalue weighted by Crippen LogP contribution is 2.40. The number of aromatic carboxylic acids is 1. The number of carboxylic acids is 1. The third-order valence-corrected chi connectivity index (χ3v) is 7.03. The van der Waals surface area contributed by atoms with Gasteiger partial charge in [0.1, 0.15) is 17.3 Å². The van der Waals surface area contributed by atoms with Gasteiger partial charge in [-0.2, -0.15) is 13.8 Å². The molecule has 0 atom stereocenters. The van der Waals surface area contributed by atoms with Crippen molar-refractivity contribution in [2.24, 2.45) is 0 Å². The average molecular weight is 505 g/mol. The Morgan fingerprint density at radius 1 is 1.19 bits per heavy atom. The Hall–Kier alpha value is -3.57. The number of hydrogen-bond donors (Lipinski definition) is 2. The lowest BCUT2D eigenvalue weighted by atomic mass is 9.96. The van der Waals surface area contributed by atoms with Gasteiger partial charge in [-0.05, 0) is 38.2 Å². The molecule has 2 saturated carbocycles. The lowest BCUT2D eigenvalue weighted by molar-refractivity contribution is -0.140. The van der Waals surface area contributed by atoms with Crippen LogP contribution < -0.4 is 19.9 Å². The lowest BCUT2D eigenvalue weighted by Gasteiger charge is -2.31. The van der Waals surface area contributed by atoms with E-state index in [4.69, 9.17) is 4.74 Å². The van der Waals surface area contributed by atoms with Crippen LogP contribution in [0.4, 0.5) is 36.3 Å². The van der Waals surface area contributed by atoms with Crippen molar-refractivity contribution in [3.63, 3.8) is 0 Å². The Labute approximate surface area is 205 Å². The maximum Gasteiger partial charge on any atom is 0.342 e. The van der Waals surface area contributed by atoms with Crippen LogP contribution in [0.15, 0.2) is 18.3 Å². The molecule has 12 heteroatoms. The molecule has 2 N–H and O–H groups in total. The predicted octanol–water partition coefficient (Wildman–Crippen LogP) is 4.35. The van der Waals surface area contributed by atoms with Crippen molar-refractivity contribution in [1.82, 2.24) is 9.97 Å². The van der Waals surface area contributed by atoms with Crippen LogP contribution in [0.25, 0.3) is 0 Å². The van der Waals surface area contributed by atoms with E-state index in [0.717, 1.165) is 49.1 Å². The molecule has 1 amide bonds. The molecule has 2 fully saturated rings. The molecule has 36 heavy (non-hydrogen) atoms. The molecule has 1 aromatic carbocycles. The van der Waals surface area contributed by atoms with Crippen LogP contribution in [0.1, 0.15) is 55.3 Å². The fourth-order valence-electron chi connectivity index (χ4n) is 4.80. The number of rotatable bonds is 6. The molecular formula is C24H26F3N5O4. The predicted molar refractivity (Wildman–Crippen MR) is 125 cm³/mol. The van der Waals surface area contributed by atoms with Crippen LogP contribution in [0.2, 0.25) is 0 Å². The second-order valence-electron chi connectivity index (χ2n) is 9.47. The maximum absolute atomic E-state index is 14.8. The van der Waals surface area contributed by atoms with Gasteiger partial charge in [0.25, 0.3) is 5.91 Å². The molecule has 2 aliphatic carbocycles. The molecule has 192 valence electrons. The first kappa shape index (κ1) is 24.1. The fraction of sp³-hybridized carbons (Fsp3) is 0.500. The first-order valence-electron chi connectivity index (χ1n) is 11.9. The zero-order valence-corrected chi connectivity index (χ0v) is 19.6. The molecule has 1 aromatic heterocycles. The Morgan fingerprint density at radius 2 is 1.92 bits per heavy atom. The summed E-state index contributed by atoms with van der Waals surface area (Å²) in [5.41, 5.74) is -0.277. The SMILES string of the molecule is CN1C(=O)C(F)(F)CN(C2CCCC2)c2nc(Nc3cc(F)c(C(=O)O)cc3OC3CCC3)ncc21. The molecule has 0 saturated heterocycles. The number of carboxylic acid groups (broad SMARTS) is 1. The highest BCUT2D eigenvalue weighted by Gasteiger charge is 2.48. The molecule has 9 nitrogen and oxygen atoms in total. The normalized spacial score (nSPS) is 20.1. The number of nitrogens with zero attached hydrogens (tertiary/aromatic N) is 4. The Balaban J connectivity index is 1.53. The van der Waals surface area contributed by atoms with E-state index in [-0.39, 0.29) is 41.0 Å². The highest BCUT2D eigenvalue weighted by molar-refractivity contribution is 6.02. The summed E-state index contributed by atoms with van der Waals surface area (Å²) in [4.78, 5) is 34.9. The number of alkyl halides is 2. The van der Waals surface area contributed by atoms with Crippen molar-refractivity contribution in [1.29, 1.82) is 0 Å². The molecule has 3 aliphatic rings. The van der Waals surface area contributed by atoms with Gasteiger partial charge in [-0.15, -0.1) is 0 Å². The highest BCUT2D eigenvalue weighted by atomic mass is 19.3. The minimum atomic E-state index is -3.61. The van der Waals surface area contributed by atoms with E-state index in [9.17, 15) is 27.9 Å². The lowest BCUT2D eigenvalue weighted by Crippen LogP contribution is -2.48. The van der Waals surface area contributed by atoms with E-state index in [2.05, 4.69) is 15.3 Å². The largest absolute Gasteiger partial charge is 0.488 e. The standard InChI is InChI=1S/C24H26F3N5O4/c1-31-18-11-28-23(30-20(18)32(13-5-2-3-6-13)12-24(26,27)22(31)35)29-17-10-16(25)15(21(33)34)9-19(17)36-14-7-4-8-14/h9-11,13-14H,2-8,12H2,1H3,(H,33,34)(H,28,29,30). The molecule has 0 bridgehead atoms. The summed E-state index contributed by atoms with van der Waals surface area (Å²) in [5, 5.41) is 12.2. The van der Waals surface area contributed by atoms with Gasteiger partial charge in [0, 0.05) is 19.2 Å². The van der Waals surface area contributed by atoms with E-state index >= 15 is 0 Å². The number of halogens is 3. The zero-order chi connectivity index (χ0) is 25.6. The van der Waals surface area contributed by atoms with Crippen molar-refractivity contribution < 1.29 is 32.6 Å². The minimum absolute atomic E-state index is 0.0243. The second-order valence-corrected chi connectivity index (χ2v) is 9.47. The van der Waals surface area contributed by atoms with Gasteiger partial charge in [-0.1, -0.05) is 12.8 Å². The number of fused-ring (bicyclic) bond motifs is 1. The van der Waals surface area contributed by atoms with E-state index in [1.165, 1.54) is 18.1 Å². The van der Waals surface area contributed by atoms with Gasteiger partial charge >= 0.3 is 11.9 Å². The van der Waals surface area contributed by atoms with Gasteiger partial charge in [-0.3, -0.25) is 4.79 Å². The number of hydrogen-bond acceptors (Lipinski definition) is 7. The van der Waals surface area contributed by atoms with E-state index < -0.39 is 35.7 Å². The van der Waals surface area contributed by atoms with E-state index in [1.54, 1.807) is 0 Å². The summed E-state index contributed by atoms with van der Waals surface area (Å²) in [7, 11) is 1.26. The minimum Gasteiger partial charge on any atom is -0.488 e. The van der Waals surface area contributed by atoms with Gasteiger partial charge in [0.2, 0.25) is 5.95 Å². The summed E-state index contributed by atoms with van der Waals surface area (Å²) < 4.78 is 50.0.